The lowest BCUT2D eigenvalue weighted by Gasteiger charge is -2.28. The molecule has 0 fully saturated rings. The summed E-state index contributed by atoms with van der Waals surface area (Å²) in [4.78, 5) is 10.6. The Labute approximate surface area is 442 Å². The number of rotatable bonds is 7. The number of benzene rings is 7. The van der Waals surface area contributed by atoms with Gasteiger partial charge in [0.25, 0.3) is 0 Å². The van der Waals surface area contributed by atoms with Gasteiger partial charge in [-0.05, 0) is 131 Å². The Kier molecular flexibility index (Phi) is 10.0. The number of phenols is 1. The molecule has 9 rings (SSSR count). The van der Waals surface area contributed by atoms with Gasteiger partial charge < -0.3 is 5.11 Å². The maximum atomic E-state index is 12.8. The van der Waals surface area contributed by atoms with Crippen LogP contribution in [0.5, 0.6) is 5.75 Å². The zero-order chi connectivity index (χ0) is 59.2. The third-order valence-corrected chi connectivity index (χ3v) is 13.9. The number of hydrogen-bond acceptors (Lipinski definition) is 3. The van der Waals surface area contributed by atoms with E-state index in [4.69, 9.17) is 22.3 Å². The highest BCUT2D eigenvalue weighted by Crippen LogP contribution is 2.48. The second kappa shape index (κ2) is 18.2. The lowest BCUT2D eigenvalue weighted by atomic mass is 9.78. The predicted octanol–water partition coefficient (Wildman–Crippen LogP) is 18.6. The van der Waals surface area contributed by atoms with Crippen molar-refractivity contribution >= 4 is 11.0 Å². The summed E-state index contributed by atoms with van der Waals surface area (Å²) in [5.41, 5.74) is 11.3. The van der Waals surface area contributed by atoms with Crippen molar-refractivity contribution in [3.63, 3.8) is 0 Å². The van der Waals surface area contributed by atoms with E-state index in [9.17, 15) is 5.11 Å². The predicted molar refractivity (Wildman–Crippen MR) is 307 cm³/mol. The summed E-state index contributed by atoms with van der Waals surface area (Å²) in [6.45, 7) is 16.1. The number of hydrogen-bond donors (Lipinski definition) is 1. The Balaban J connectivity index is 1.33. The van der Waals surface area contributed by atoms with E-state index >= 15 is 0 Å². The summed E-state index contributed by atoms with van der Waals surface area (Å²) >= 11 is 0. The van der Waals surface area contributed by atoms with Crippen molar-refractivity contribution in [3.8, 4) is 78.6 Å². The highest BCUT2D eigenvalue weighted by Gasteiger charge is 2.31. The quantitative estimate of drug-likeness (QED) is 0.173. The number of phenolic OH excluding ortho intramolecular Hbond substituents is 1. The fourth-order valence-corrected chi connectivity index (χ4v) is 9.71. The van der Waals surface area contributed by atoms with Crippen LogP contribution in [-0.2, 0) is 27.1 Å². The van der Waals surface area contributed by atoms with Crippen molar-refractivity contribution in [2.45, 2.75) is 131 Å². The SMILES string of the molecule is [2H]C([2H])([2H])C(c1ccc(-c2ccnc(-c3cc(-c4cccc5c4nc(-c4cc(C(C)(C)C)cc(C(C)(C)C)c4O)n5-c4cc(-c5ccccc5)c(C(C)(C)C)cc4-c4ccccc4)cc(C(C)(C)C)c3)c2)cc1)(C([2H])([2H])[2H])C([2H])([2H])[2H]. The van der Waals surface area contributed by atoms with Crippen molar-refractivity contribution in [2.75, 3.05) is 0 Å². The molecular formula is C68H73N3O. The Morgan fingerprint density at radius 2 is 1.01 bits per heavy atom. The lowest BCUT2D eigenvalue weighted by molar-refractivity contribution is 0.446. The Bertz CT molecular complexity index is 3770. The van der Waals surface area contributed by atoms with E-state index in [1.54, 1.807) is 18.3 Å². The molecule has 2 aromatic heterocycles. The van der Waals surface area contributed by atoms with Crippen LogP contribution in [0.25, 0.3) is 83.9 Å². The first-order valence-electron chi connectivity index (χ1n) is 29.5. The minimum Gasteiger partial charge on any atom is -0.507 e. The van der Waals surface area contributed by atoms with E-state index in [2.05, 4.69) is 197 Å². The molecule has 1 N–H and O–H groups in total. The molecule has 2 heterocycles. The van der Waals surface area contributed by atoms with Crippen molar-refractivity contribution < 1.29 is 17.4 Å². The number of aromatic hydroxyl groups is 1. The summed E-state index contributed by atoms with van der Waals surface area (Å²) in [6, 6.07) is 52.1. The van der Waals surface area contributed by atoms with Gasteiger partial charge in [0.2, 0.25) is 0 Å². The molecule has 0 radical (unpaired) electrons. The van der Waals surface area contributed by atoms with Gasteiger partial charge in [-0.1, -0.05) is 213 Å². The molecule has 7 aromatic carbocycles. The topological polar surface area (TPSA) is 50.9 Å². The van der Waals surface area contributed by atoms with E-state index in [0.29, 0.717) is 28.2 Å². The first-order chi connectivity index (χ1) is 37.5. The van der Waals surface area contributed by atoms with E-state index < -0.39 is 31.4 Å². The summed E-state index contributed by atoms with van der Waals surface area (Å²) in [7, 11) is 0. The van der Waals surface area contributed by atoms with Crippen molar-refractivity contribution in [1.29, 1.82) is 0 Å². The zero-order valence-corrected chi connectivity index (χ0v) is 43.9. The molecule has 0 bridgehead atoms. The van der Waals surface area contributed by atoms with Crippen molar-refractivity contribution in [1.82, 2.24) is 14.5 Å². The normalized spacial score (nSPS) is 15.1. The lowest BCUT2D eigenvalue weighted by Crippen LogP contribution is -2.17. The van der Waals surface area contributed by atoms with Crippen LogP contribution in [-0.4, -0.2) is 19.6 Å². The standard InChI is InChI=1S/C68H73N3O/c1-64(2,3)49-31-29-43(30-32-49)46-33-34-69-58(38-46)48-35-47(36-50(37-48)65(4,5)6)52-27-22-28-59-61(52)70-63(55-39-51(66(7,8)9)40-57(62(55)72)68(13,14)15)71(59)60-42-53(44-23-18-16-19-24-44)56(67(10,11)12)41-54(60)45-25-20-17-21-26-45/h16-42,72H,1-15H3/i1D3,2D3,3D3. The number of nitrogens with zero attached hydrogens (tertiary/aromatic N) is 3. The van der Waals surface area contributed by atoms with Gasteiger partial charge in [-0.3, -0.25) is 9.55 Å². The molecule has 0 aliphatic heterocycles. The molecule has 0 amide bonds. The van der Waals surface area contributed by atoms with E-state index in [1.807, 2.05) is 24.3 Å². The first kappa shape index (κ1) is 39.6. The number of pyridine rings is 1. The third-order valence-electron chi connectivity index (χ3n) is 13.9. The highest BCUT2D eigenvalue weighted by molar-refractivity contribution is 5.98. The minimum atomic E-state index is -3.38. The van der Waals surface area contributed by atoms with Gasteiger partial charge >= 0.3 is 0 Å². The maximum absolute atomic E-state index is 12.8. The molecule has 4 nitrogen and oxygen atoms in total. The van der Waals surface area contributed by atoms with E-state index in [1.165, 1.54) is 17.7 Å². The van der Waals surface area contributed by atoms with Gasteiger partial charge in [-0.15, -0.1) is 0 Å². The molecule has 366 valence electrons. The molecule has 72 heavy (non-hydrogen) atoms. The van der Waals surface area contributed by atoms with E-state index in [-0.39, 0.29) is 27.6 Å². The van der Waals surface area contributed by atoms with Crippen LogP contribution in [0.2, 0.25) is 0 Å². The average Bonchev–Trinajstić information content (AvgIpc) is 4.03. The van der Waals surface area contributed by atoms with Gasteiger partial charge in [0.15, 0.2) is 0 Å². The van der Waals surface area contributed by atoms with E-state index in [0.717, 1.165) is 72.4 Å². The van der Waals surface area contributed by atoms with Gasteiger partial charge in [-0.2, -0.15) is 0 Å². The van der Waals surface area contributed by atoms with Gasteiger partial charge in [0.1, 0.15) is 11.6 Å². The average molecular weight is 957 g/mol. The molecule has 0 aliphatic carbocycles. The Morgan fingerprint density at radius 1 is 0.417 bits per heavy atom. The van der Waals surface area contributed by atoms with Crippen LogP contribution in [0.1, 0.15) is 144 Å². The molecule has 4 heteroatoms. The molecule has 0 saturated carbocycles. The number of aromatic nitrogens is 3. The highest BCUT2D eigenvalue weighted by atomic mass is 16.3. The molecule has 0 unspecified atom stereocenters. The minimum absolute atomic E-state index is 0.174. The van der Waals surface area contributed by atoms with Crippen LogP contribution < -0.4 is 0 Å². The molecule has 0 saturated heterocycles. The summed E-state index contributed by atoms with van der Waals surface area (Å²) < 4.78 is 76.6. The van der Waals surface area contributed by atoms with Crippen LogP contribution in [0.4, 0.5) is 0 Å². The van der Waals surface area contributed by atoms with Crippen molar-refractivity contribution in [2.24, 2.45) is 0 Å². The second-order valence-corrected chi connectivity index (χ2v) is 23.6. The molecule has 0 atom stereocenters. The van der Waals surface area contributed by atoms with Crippen LogP contribution >= 0.6 is 0 Å². The van der Waals surface area contributed by atoms with Gasteiger partial charge in [0.05, 0.1) is 28.0 Å². The zero-order valence-electron chi connectivity index (χ0n) is 52.9. The Morgan fingerprint density at radius 3 is 1.61 bits per heavy atom. The number of imidazole rings is 1. The smallest absolute Gasteiger partial charge is 0.149 e. The number of fused-ring (bicyclic) bond motifs is 1. The molecule has 0 aliphatic rings. The summed E-state index contributed by atoms with van der Waals surface area (Å²) in [5, 5.41) is 12.8. The third kappa shape index (κ3) is 9.81. The molecule has 0 spiro atoms. The summed E-state index contributed by atoms with van der Waals surface area (Å²) in [6.07, 6.45) is 1.69. The maximum Gasteiger partial charge on any atom is 0.149 e. The number of para-hydroxylation sites is 1. The van der Waals surface area contributed by atoms with Crippen LogP contribution in [0.15, 0.2) is 164 Å². The van der Waals surface area contributed by atoms with Crippen molar-refractivity contribution in [3.05, 3.63) is 192 Å². The Hall–Kier alpha value is -7.04. The van der Waals surface area contributed by atoms with Crippen LogP contribution in [0.3, 0.4) is 0 Å². The first-order valence-corrected chi connectivity index (χ1v) is 25.0. The molecular weight excluding hydrogens is 875 g/mol. The van der Waals surface area contributed by atoms with Crippen LogP contribution in [0, 0.1) is 0 Å². The van der Waals surface area contributed by atoms with Gasteiger partial charge in [-0.25, -0.2) is 4.98 Å². The largest absolute Gasteiger partial charge is 0.507 e. The fourth-order valence-electron chi connectivity index (χ4n) is 9.71. The van der Waals surface area contributed by atoms with Gasteiger partial charge in [0, 0.05) is 40.8 Å². The monoisotopic (exact) mass is 957 g/mol. The second-order valence-electron chi connectivity index (χ2n) is 23.6. The molecule has 9 aromatic rings. The fraction of sp³-hybridized carbons (Fsp3) is 0.294. The summed E-state index contributed by atoms with van der Waals surface area (Å²) in [5.74, 6) is 0.765.